The number of aromatic nitrogens is 4. The number of alkyl halides is 1. The van der Waals surface area contributed by atoms with Gasteiger partial charge in [-0.2, -0.15) is 0 Å². The lowest BCUT2D eigenvalue weighted by Gasteiger charge is -2.11. The zero-order valence-corrected chi connectivity index (χ0v) is 18.6. The number of nitrogens with two attached hydrogens (primary N) is 1. The lowest BCUT2D eigenvalue weighted by atomic mass is 10.1. The lowest BCUT2D eigenvalue weighted by Crippen LogP contribution is -2.09. The molecule has 0 spiro atoms. The summed E-state index contributed by atoms with van der Waals surface area (Å²) in [4.78, 5) is 14.2. The molecule has 0 saturated heterocycles. The van der Waals surface area contributed by atoms with E-state index in [4.69, 9.17) is 10.7 Å². The summed E-state index contributed by atoms with van der Waals surface area (Å²) in [6.45, 7) is 1.76. The monoisotopic (exact) mass is 512 g/mol. The van der Waals surface area contributed by atoms with Crippen molar-refractivity contribution in [3.05, 3.63) is 33.2 Å². The van der Waals surface area contributed by atoms with Gasteiger partial charge in [0.05, 0.1) is 0 Å². The van der Waals surface area contributed by atoms with Crippen LogP contribution in [0.5, 0.6) is 0 Å². The van der Waals surface area contributed by atoms with E-state index in [-0.39, 0.29) is 0 Å². The highest BCUT2D eigenvalue weighted by Crippen LogP contribution is 2.41. The number of fused-ring (bicyclic) bond motifs is 2. The number of unbranched alkanes of at least 4 members (excludes halogenated alkanes) is 1. The van der Waals surface area contributed by atoms with Crippen LogP contribution >= 0.6 is 34.4 Å². The maximum Gasteiger partial charge on any atom is 0.175 e. The fourth-order valence-corrected chi connectivity index (χ4v) is 5.34. The van der Waals surface area contributed by atoms with Crippen molar-refractivity contribution >= 4 is 51.3 Å². The highest BCUT2D eigenvalue weighted by Gasteiger charge is 2.24. The molecule has 1 aromatic carbocycles. The number of aryl methyl sites for hydroxylation is 2. The molecule has 0 amide bonds. The SMILES string of the molecule is CNCCCCn1c(Sc2cc3c(cc2I)CCC3F)nc2c(N)ncnc21. The van der Waals surface area contributed by atoms with Gasteiger partial charge in [-0.05, 0) is 85.1 Å². The Morgan fingerprint density at radius 2 is 2.21 bits per heavy atom. The number of nitrogens with zero attached hydrogens (tertiary/aromatic N) is 4. The van der Waals surface area contributed by atoms with Crippen molar-refractivity contribution < 1.29 is 4.39 Å². The standard InChI is InChI=1S/C19H22FIN6S/c1-23-6-2-3-7-27-18-16(17(22)24-10-25-18)26-19(27)28-15-9-12-11(8-14(15)21)4-5-13(12)20/h8-10,13,23H,2-7H2,1H3,(H2,22,24,25). The van der Waals surface area contributed by atoms with Crippen molar-refractivity contribution in [3.63, 3.8) is 0 Å². The molecule has 1 atom stereocenters. The van der Waals surface area contributed by atoms with Crippen molar-refractivity contribution in [2.75, 3.05) is 19.3 Å². The number of rotatable bonds is 7. The highest BCUT2D eigenvalue weighted by atomic mass is 127. The molecule has 9 heteroatoms. The summed E-state index contributed by atoms with van der Waals surface area (Å²) in [5.41, 5.74) is 9.35. The zero-order chi connectivity index (χ0) is 19.7. The highest BCUT2D eigenvalue weighted by molar-refractivity contribution is 14.1. The molecular formula is C19H22FIN6S. The minimum atomic E-state index is -0.867. The predicted octanol–water partition coefficient (Wildman–Crippen LogP) is 4.12. The first-order valence-electron chi connectivity index (χ1n) is 9.34. The van der Waals surface area contributed by atoms with Gasteiger partial charge in [-0.3, -0.25) is 0 Å². The molecule has 3 N–H and O–H groups in total. The average Bonchev–Trinajstić information content (AvgIpc) is 3.21. The maximum atomic E-state index is 14.2. The van der Waals surface area contributed by atoms with Crippen LogP contribution in [0.15, 0.2) is 28.5 Å². The molecule has 0 aliphatic heterocycles. The number of nitrogens with one attached hydrogen (secondary N) is 1. The predicted molar refractivity (Wildman–Crippen MR) is 118 cm³/mol. The van der Waals surface area contributed by atoms with Gasteiger partial charge in [0.25, 0.3) is 0 Å². The third-order valence-corrected chi connectivity index (χ3v) is 7.29. The molecule has 3 aromatic rings. The van der Waals surface area contributed by atoms with E-state index >= 15 is 0 Å². The Labute approximate surface area is 181 Å². The number of hydrogen-bond donors (Lipinski definition) is 2. The molecule has 0 bridgehead atoms. The smallest absolute Gasteiger partial charge is 0.175 e. The number of imidazole rings is 1. The van der Waals surface area contributed by atoms with E-state index in [0.29, 0.717) is 17.8 Å². The summed E-state index contributed by atoms with van der Waals surface area (Å²) < 4.78 is 17.4. The van der Waals surface area contributed by atoms with E-state index in [2.05, 4.69) is 48.5 Å². The van der Waals surface area contributed by atoms with Gasteiger partial charge in [-0.15, -0.1) is 0 Å². The second-order valence-corrected chi connectivity index (χ2v) is 9.05. The number of anilines is 1. The number of halogens is 2. The zero-order valence-electron chi connectivity index (χ0n) is 15.6. The van der Waals surface area contributed by atoms with Gasteiger partial charge in [-0.1, -0.05) is 11.8 Å². The van der Waals surface area contributed by atoms with E-state index in [1.165, 1.54) is 6.33 Å². The van der Waals surface area contributed by atoms with Crippen molar-refractivity contribution in [2.24, 2.45) is 0 Å². The Bertz CT molecular complexity index is 1010. The summed E-state index contributed by atoms with van der Waals surface area (Å²) in [7, 11) is 1.95. The molecule has 6 nitrogen and oxygen atoms in total. The number of nitrogen functional groups attached to an aromatic ring is 1. The average molecular weight is 512 g/mol. The normalized spacial score (nSPS) is 16.0. The minimum absolute atomic E-state index is 0.383. The van der Waals surface area contributed by atoms with Crippen LogP contribution in [0.1, 0.15) is 36.6 Å². The first kappa shape index (κ1) is 19.8. The molecule has 0 saturated carbocycles. The molecule has 0 radical (unpaired) electrons. The third-order valence-electron chi connectivity index (χ3n) is 4.98. The van der Waals surface area contributed by atoms with Crippen molar-refractivity contribution in [1.29, 1.82) is 0 Å². The topological polar surface area (TPSA) is 81.7 Å². The Balaban J connectivity index is 1.70. The van der Waals surface area contributed by atoms with Crippen molar-refractivity contribution in [3.8, 4) is 0 Å². The fourth-order valence-electron chi connectivity index (χ4n) is 3.52. The molecule has 2 heterocycles. The first-order chi connectivity index (χ1) is 13.6. The molecule has 0 fully saturated rings. The molecule has 4 rings (SSSR count). The van der Waals surface area contributed by atoms with Gasteiger partial charge in [-0.25, -0.2) is 19.3 Å². The quantitative estimate of drug-likeness (QED) is 0.366. The number of benzene rings is 1. The summed E-state index contributed by atoms with van der Waals surface area (Å²) in [5, 5.41) is 3.99. The van der Waals surface area contributed by atoms with E-state index in [9.17, 15) is 4.39 Å². The molecule has 1 aliphatic rings. The van der Waals surface area contributed by atoms with Crippen molar-refractivity contribution in [2.45, 2.75) is 48.5 Å². The second-order valence-electron chi connectivity index (χ2n) is 6.88. The van der Waals surface area contributed by atoms with Crippen LogP contribution < -0.4 is 11.1 Å². The summed E-state index contributed by atoms with van der Waals surface area (Å²) in [6.07, 6.45) is 4.06. The Morgan fingerprint density at radius 1 is 1.36 bits per heavy atom. The van der Waals surface area contributed by atoms with Gasteiger partial charge in [0.15, 0.2) is 22.1 Å². The van der Waals surface area contributed by atoms with E-state index in [1.54, 1.807) is 11.8 Å². The van der Waals surface area contributed by atoms with Crippen LogP contribution in [0.2, 0.25) is 0 Å². The van der Waals surface area contributed by atoms with Crippen LogP contribution in [-0.4, -0.2) is 33.1 Å². The minimum Gasteiger partial charge on any atom is -0.382 e. The lowest BCUT2D eigenvalue weighted by molar-refractivity contribution is 0.343. The molecule has 1 aliphatic carbocycles. The third kappa shape index (κ3) is 3.84. The summed E-state index contributed by atoms with van der Waals surface area (Å²) in [5.74, 6) is 0.383. The van der Waals surface area contributed by atoms with Gasteiger partial charge >= 0.3 is 0 Å². The van der Waals surface area contributed by atoms with Crippen molar-refractivity contribution in [1.82, 2.24) is 24.8 Å². The summed E-state index contributed by atoms with van der Waals surface area (Å²) in [6, 6.07) is 4.09. The van der Waals surface area contributed by atoms with Crippen LogP contribution in [0.3, 0.4) is 0 Å². The second kappa shape index (κ2) is 8.50. The summed E-state index contributed by atoms with van der Waals surface area (Å²) >= 11 is 3.87. The van der Waals surface area contributed by atoms with Crippen LogP contribution in [-0.2, 0) is 13.0 Å². The molecule has 2 aromatic heterocycles. The Morgan fingerprint density at radius 3 is 3.04 bits per heavy atom. The van der Waals surface area contributed by atoms with Gasteiger partial charge in [0.2, 0.25) is 0 Å². The van der Waals surface area contributed by atoms with E-state index in [1.807, 2.05) is 13.1 Å². The van der Waals surface area contributed by atoms with E-state index < -0.39 is 6.17 Å². The first-order valence-corrected chi connectivity index (χ1v) is 11.2. The Hall–Kier alpha value is -1.46. The Kier molecular flexibility index (Phi) is 6.02. The van der Waals surface area contributed by atoms with Gasteiger partial charge < -0.3 is 15.6 Å². The van der Waals surface area contributed by atoms with Crippen LogP contribution in [0.4, 0.5) is 10.2 Å². The molecule has 28 heavy (non-hydrogen) atoms. The van der Waals surface area contributed by atoms with Gasteiger partial charge in [0.1, 0.15) is 12.5 Å². The number of hydrogen-bond acceptors (Lipinski definition) is 6. The van der Waals surface area contributed by atoms with E-state index in [0.717, 1.165) is 62.7 Å². The van der Waals surface area contributed by atoms with Crippen LogP contribution in [0, 0.1) is 3.57 Å². The molecule has 148 valence electrons. The van der Waals surface area contributed by atoms with Crippen LogP contribution in [0.25, 0.3) is 11.2 Å². The maximum absolute atomic E-state index is 14.2. The largest absolute Gasteiger partial charge is 0.382 e. The fraction of sp³-hybridized carbons (Fsp3) is 0.421. The molecular weight excluding hydrogens is 490 g/mol. The molecule has 1 unspecified atom stereocenters. The van der Waals surface area contributed by atoms with Gasteiger partial charge in [0, 0.05) is 15.0 Å².